The Hall–Kier alpha value is -1.44. The monoisotopic (exact) mass is 325 g/mol. The number of hydrogen-bond donors (Lipinski definition) is 1. The summed E-state index contributed by atoms with van der Waals surface area (Å²) in [6.45, 7) is 7.11. The second kappa shape index (κ2) is 7.90. The van der Waals surface area contributed by atoms with E-state index in [1.807, 2.05) is 7.05 Å². The van der Waals surface area contributed by atoms with Crippen molar-refractivity contribution in [2.24, 2.45) is 11.8 Å². The first-order valence-corrected chi connectivity index (χ1v) is 7.97. The maximum absolute atomic E-state index is 12.6. The van der Waals surface area contributed by atoms with Gasteiger partial charge in [-0.05, 0) is 19.9 Å². The number of oxazole rings is 1. The Balaban J connectivity index is 2.00. The number of carbonyl (C=O) groups is 1. The maximum Gasteiger partial charge on any atom is 0.291 e. The van der Waals surface area contributed by atoms with Crippen molar-refractivity contribution in [3.05, 3.63) is 17.3 Å². The summed E-state index contributed by atoms with van der Waals surface area (Å²) < 4.78 is 10.5. The highest BCUT2D eigenvalue weighted by Gasteiger charge is 2.37. The predicted octanol–water partition coefficient (Wildman–Crippen LogP) is 0.550. The lowest BCUT2D eigenvalue weighted by molar-refractivity contribution is 0.0744. The summed E-state index contributed by atoms with van der Waals surface area (Å²) in [5, 5.41) is 9.64. The van der Waals surface area contributed by atoms with Crippen LogP contribution in [0.1, 0.15) is 22.1 Å². The van der Waals surface area contributed by atoms with Gasteiger partial charge in [-0.3, -0.25) is 4.79 Å². The van der Waals surface area contributed by atoms with Crippen molar-refractivity contribution in [3.8, 4) is 0 Å². The Morgan fingerprint density at radius 3 is 2.70 bits per heavy atom. The Morgan fingerprint density at radius 2 is 2.13 bits per heavy atom. The molecule has 0 spiro atoms. The maximum atomic E-state index is 12.6. The highest BCUT2D eigenvalue weighted by atomic mass is 16.5. The summed E-state index contributed by atoms with van der Waals surface area (Å²) in [5.41, 5.74) is 0.619. The fraction of sp³-hybridized carbons (Fsp3) is 0.750. The summed E-state index contributed by atoms with van der Waals surface area (Å²) in [5.74, 6) is 1.01. The molecule has 1 aliphatic heterocycles. The van der Waals surface area contributed by atoms with E-state index in [9.17, 15) is 9.90 Å². The summed E-state index contributed by atoms with van der Waals surface area (Å²) in [6.07, 6.45) is 0. The van der Waals surface area contributed by atoms with E-state index in [0.29, 0.717) is 37.0 Å². The molecule has 0 radical (unpaired) electrons. The second-order valence-electron chi connectivity index (χ2n) is 6.32. The number of likely N-dealkylation sites (N-methyl/N-ethyl adjacent to an activating group) is 1. The van der Waals surface area contributed by atoms with Gasteiger partial charge in [-0.25, -0.2) is 4.98 Å². The van der Waals surface area contributed by atoms with Gasteiger partial charge < -0.3 is 24.1 Å². The summed E-state index contributed by atoms with van der Waals surface area (Å²) in [6, 6.07) is 0. The van der Waals surface area contributed by atoms with Gasteiger partial charge in [0.1, 0.15) is 0 Å². The molecule has 1 N–H and O–H groups in total. The van der Waals surface area contributed by atoms with Crippen LogP contribution in [0.5, 0.6) is 0 Å². The fourth-order valence-electron chi connectivity index (χ4n) is 3.13. The molecule has 0 aliphatic carbocycles. The number of ether oxygens (including phenoxy) is 1. The zero-order chi connectivity index (χ0) is 17.0. The van der Waals surface area contributed by atoms with E-state index in [1.54, 1.807) is 25.9 Å². The Labute approximate surface area is 137 Å². The number of rotatable bonds is 7. The third kappa shape index (κ3) is 4.31. The number of amides is 1. The van der Waals surface area contributed by atoms with Gasteiger partial charge >= 0.3 is 0 Å². The molecule has 1 fully saturated rings. The van der Waals surface area contributed by atoms with E-state index in [0.717, 1.165) is 13.1 Å². The van der Waals surface area contributed by atoms with Crippen LogP contribution in [0, 0.1) is 25.7 Å². The SMILES string of the molecule is COCCN(C)C[C@@H]1CN(C(=O)c2oc(C)nc2C)C[C@@H]1CO. The van der Waals surface area contributed by atoms with E-state index in [4.69, 9.17) is 9.15 Å². The van der Waals surface area contributed by atoms with Gasteiger partial charge in [0.25, 0.3) is 5.91 Å². The van der Waals surface area contributed by atoms with Crippen LogP contribution in [0.25, 0.3) is 0 Å². The van der Waals surface area contributed by atoms with Gasteiger partial charge in [0.2, 0.25) is 5.76 Å². The molecule has 0 saturated carbocycles. The highest BCUT2D eigenvalue weighted by molar-refractivity contribution is 5.92. The number of nitrogens with zero attached hydrogens (tertiary/aromatic N) is 3. The molecule has 23 heavy (non-hydrogen) atoms. The largest absolute Gasteiger partial charge is 0.436 e. The second-order valence-corrected chi connectivity index (χ2v) is 6.32. The lowest BCUT2D eigenvalue weighted by Crippen LogP contribution is -2.33. The lowest BCUT2D eigenvalue weighted by Gasteiger charge is -2.23. The minimum atomic E-state index is -0.136. The average Bonchev–Trinajstić information content (AvgIpc) is 3.07. The van der Waals surface area contributed by atoms with Crippen molar-refractivity contribution >= 4 is 5.91 Å². The van der Waals surface area contributed by atoms with Crippen LogP contribution < -0.4 is 0 Å². The van der Waals surface area contributed by atoms with Crippen LogP contribution >= 0.6 is 0 Å². The third-order valence-corrected chi connectivity index (χ3v) is 4.42. The highest BCUT2D eigenvalue weighted by Crippen LogP contribution is 2.26. The number of aliphatic hydroxyl groups is 1. The van der Waals surface area contributed by atoms with Crippen molar-refractivity contribution in [2.45, 2.75) is 13.8 Å². The van der Waals surface area contributed by atoms with Crippen LogP contribution in [0.3, 0.4) is 0 Å². The van der Waals surface area contributed by atoms with Gasteiger partial charge in [-0.2, -0.15) is 0 Å². The molecule has 1 saturated heterocycles. The first-order chi connectivity index (χ1) is 11.0. The van der Waals surface area contributed by atoms with Gasteiger partial charge in [0.05, 0.1) is 12.3 Å². The van der Waals surface area contributed by atoms with Gasteiger partial charge in [0, 0.05) is 52.7 Å². The molecule has 2 heterocycles. The van der Waals surface area contributed by atoms with Crippen molar-refractivity contribution < 1.29 is 19.1 Å². The molecule has 0 bridgehead atoms. The van der Waals surface area contributed by atoms with Crippen molar-refractivity contribution in [1.29, 1.82) is 0 Å². The predicted molar refractivity (Wildman–Crippen MR) is 85.3 cm³/mol. The number of aryl methyl sites for hydroxylation is 2. The van der Waals surface area contributed by atoms with Gasteiger partial charge in [0.15, 0.2) is 5.89 Å². The summed E-state index contributed by atoms with van der Waals surface area (Å²) in [7, 11) is 3.71. The molecule has 1 aromatic heterocycles. The third-order valence-electron chi connectivity index (χ3n) is 4.42. The van der Waals surface area contributed by atoms with E-state index in [2.05, 4.69) is 9.88 Å². The molecular formula is C16H27N3O4. The number of hydrogen-bond acceptors (Lipinski definition) is 6. The van der Waals surface area contributed by atoms with Crippen molar-refractivity contribution in [3.63, 3.8) is 0 Å². The average molecular weight is 325 g/mol. The summed E-state index contributed by atoms with van der Waals surface area (Å²) in [4.78, 5) is 20.7. The Bertz CT molecular complexity index is 531. The minimum absolute atomic E-state index is 0.0843. The van der Waals surface area contributed by atoms with E-state index >= 15 is 0 Å². The molecule has 2 atom stereocenters. The van der Waals surface area contributed by atoms with Crippen molar-refractivity contribution in [2.75, 3.05) is 53.6 Å². The van der Waals surface area contributed by atoms with Crippen LogP contribution in [-0.4, -0.2) is 79.3 Å². The summed E-state index contributed by atoms with van der Waals surface area (Å²) >= 11 is 0. The molecule has 7 nitrogen and oxygen atoms in total. The van der Waals surface area contributed by atoms with Crippen LogP contribution in [-0.2, 0) is 4.74 Å². The van der Waals surface area contributed by atoms with Crippen LogP contribution in [0.15, 0.2) is 4.42 Å². The van der Waals surface area contributed by atoms with Crippen LogP contribution in [0.4, 0.5) is 0 Å². The molecule has 0 unspecified atom stereocenters. The molecule has 2 rings (SSSR count). The molecule has 130 valence electrons. The number of methoxy groups -OCH3 is 1. The first kappa shape index (κ1) is 17.9. The normalized spacial score (nSPS) is 21.4. The number of aromatic nitrogens is 1. The molecule has 1 aliphatic rings. The molecule has 7 heteroatoms. The van der Waals surface area contributed by atoms with E-state index in [1.165, 1.54) is 0 Å². The number of aliphatic hydroxyl groups excluding tert-OH is 1. The number of carbonyl (C=O) groups excluding carboxylic acids is 1. The lowest BCUT2D eigenvalue weighted by atomic mass is 9.96. The first-order valence-electron chi connectivity index (χ1n) is 7.97. The Kier molecular flexibility index (Phi) is 6.15. The van der Waals surface area contributed by atoms with Gasteiger partial charge in [-0.1, -0.05) is 0 Å². The minimum Gasteiger partial charge on any atom is -0.436 e. The topological polar surface area (TPSA) is 79.0 Å². The standard InChI is InChI=1S/C16H27N3O4/c1-11-15(23-12(2)17-11)16(21)19-8-13(14(9-19)10-20)7-18(3)5-6-22-4/h13-14,20H,5-10H2,1-4H3/t13-,14-/m1/s1. The van der Waals surface area contributed by atoms with E-state index < -0.39 is 0 Å². The Morgan fingerprint density at radius 1 is 1.43 bits per heavy atom. The molecule has 0 aromatic carbocycles. The zero-order valence-corrected chi connectivity index (χ0v) is 14.4. The van der Waals surface area contributed by atoms with Crippen molar-refractivity contribution in [1.82, 2.24) is 14.8 Å². The smallest absolute Gasteiger partial charge is 0.291 e. The quantitative estimate of drug-likeness (QED) is 0.789. The molecule has 1 amide bonds. The molecule has 1 aromatic rings. The molecular weight excluding hydrogens is 298 g/mol. The van der Waals surface area contributed by atoms with Gasteiger partial charge in [-0.15, -0.1) is 0 Å². The fourth-order valence-corrected chi connectivity index (χ4v) is 3.13. The van der Waals surface area contributed by atoms with Crippen LogP contribution in [0.2, 0.25) is 0 Å². The van der Waals surface area contributed by atoms with E-state index in [-0.39, 0.29) is 24.3 Å². The number of likely N-dealkylation sites (tertiary alicyclic amines) is 1. The zero-order valence-electron chi connectivity index (χ0n) is 14.4.